The Morgan fingerprint density at radius 1 is 1.36 bits per heavy atom. The fraction of sp³-hybridized carbons (Fsp3) is 0.857. The fourth-order valence-corrected chi connectivity index (χ4v) is 0.883. The second-order valence-corrected chi connectivity index (χ2v) is 4.36. The molecular formula is C7H13Cl2NO. The maximum atomic E-state index is 11.3. The van der Waals surface area contributed by atoms with Gasteiger partial charge in [0, 0.05) is 14.1 Å². The predicted molar refractivity (Wildman–Crippen MR) is 48.0 cm³/mol. The number of alkyl halides is 2. The van der Waals surface area contributed by atoms with Gasteiger partial charge in [0.15, 0.2) is 4.33 Å². The first-order valence-corrected chi connectivity index (χ1v) is 4.15. The molecule has 0 aromatic heterocycles. The summed E-state index contributed by atoms with van der Waals surface area (Å²) in [6.45, 7) is 3.61. The highest BCUT2D eigenvalue weighted by Gasteiger charge is 2.38. The molecule has 0 rings (SSSR count). The minimum Gasteiger partial charge on any atom is -0.346 e. The SMILES string of the molecule is CC(C)C(Cl)(Cl)C(=O)N(C)C. The van der Waals surface area contributed by atoms with Gasteiger partial charge in [-0.2, -0.15) is 0 Å². The lowest BCUT2D eigenvalue weighted by molar-refractivity contribution is -0.130. The number of halogens is 2. The molecule has 0 saturated heterocycles. The van der Waals surface area contributed by atoms with Crippen molar-refractivity contribution >= 4 is 29.1 Å². The van der Waals surface area contributed by atoms with Crippen LogP contribution in [0.5, 0.6) is 0 Å². The van der Waals surface area contributed by atoms with E-state index in [4.69, 9.17) is 23.2 Å². The van der Waals surface area contributed by atoms with Crippen molar-refractivity contribution in [2.45, 2.75) is 18.2 Å². The van der Waals surface area contributed by atoms with Crippen LogP contribution in [0.4, 0.5) is 0 Å². The van der Waals surface area contributed by atoms with Crippen molar-refractivity contribution in [1.29, 1.82) is 0 Å². The van der Waals surface area contributed by atoms with E-state index < -0.39 is 4.33 Å². The molecule has 0 aliphatic rings. The van der Waals surface area contributed by atoms with Crippen LogP contribution in [0.25, 0.3) is 0 Å². The second-order valence-electron chi connectivity index (χ2n) is 2.98. The molecule has 0 bridgehead atoms. The van der Waals surface area contributed by atoms with Gasteiger partial charge in [0.2, 0.25) is 0 Å². The summed E-state index contributed by atoms with van der Waals surface area (Å²) in [6.07, 6.45) is 0. The summed E-state index contributed by atoms with van der Waals surface area (Å²) >= 11 is 11.6. The summed E-state index contributed by atoms with van der Waals surface area (Å²) in [5, 5.41) is 0. The van der Waals surface area contributed by atoms with Crippen molar-refractivity contribution in [3.05, 3.63) is 0 Å². The zero-order valence-corrected chi connectivity index (χ0v) is 8.70. The Balaban J connectivity index is 4.43. The number of hydrogen-bond donors (Lipinski definition) is 0. The molecule has 0 radical (unpaired) electrons. The molecule has 0 aliphatic heterocycles. The Morgan fingerprint density at radius 2 is 1.73 bits per heavy atom. The first-order chi connectivity index (χ1) is 4.80. The van der Waals surface area contributed by atoms with E-state index in [0.29, 0.717) is 0 Å². The molecule has 1 amide bonds. The lowest BCUT2D eigenvalue weighted by Gasteiger charge is -2.25. The van der Waals surface area contributed by atoms with E-state index in [-0.39, 0.29) is 11.8 Å². The van der Waals surface area contributed by atoms with E-state index >= 15 is 0 Å². The van der Waals surface area contributed by atoms with Gasteiger partial charge in [-0.3, -0.25) is 4.79 Å². The van der Waals surface area contributed by atoms with Crippen molar-refractivity contribution in [3.8, 4) is 0 Å². The van der Waals surface area contributed by atoms with Gasteiger partial charge < -0.3 is 4.90 Å². The third kappa shape index (κ3) is 2.53. The summed E-state index contributed by atoms with van der Waals surface area (Å²) in [5.41, 5.74) is 0. The molecule has 0 fully saturated rings. The molecule has 0 aromatic rings. The quantitative estimate of drug-likeness (QED) is 0.620. The van der Waals surface area contributed by atoms with Crippen molar-refractivity contribution in [1.82, 2.24) is 4.90 Å². The number of amides is 1. The summed E-state index contributed by atoms with van der Waals surface area (Å²) in [4.78, 5) is 12.7. The summed E-state index contributed by atoms with van der Waals surface area (Å²) in [5.74, 6) is -0.350. The lowest BCUT2D eigenvalue weighted by atomic mass is 10.1. The van der Waals surface area contributed by atoms with E-state index in [1.807, 2.05) is 0 Å². The van der Waals surface area contributed by atoms with Crippen LogP contribution in [-0.4, -0.2) is 29.2 Å². The Hall–Kier alpha value is 0.0500. The van der Waals surface area contributed by atoms with Gasteiger partial charge in [-0.1, -0.05) is 37.0 Å². The van der Waals surface area contributed by atoms with Crippen LogP contribution >= 0.6 is 23.2 Å². The van der Waals surface area contributed by atoms with Crippen LogP contribution < -0.4 is 0 Å². The Labute approximate surface area is 77.5 Å². The molecule has 0 aliphatic carbocycles. The Bertz CT molecular complexity index is 155. The molecule has 0 spiro atoms. The molecule has 4 heteroatoms. The van der Waals surface area contributed by atoms with Gasteiger partial charge in [0.25, 0.3) is 5.91 Å². The second kappa shape index (κ2) is 3.63. The number of hydrogen-bond acceptors (Lipinski definition) is 1. The Morgan fingerprint density at radius 3 is 1.82 bits per heavy atom. The molecular weight excluding hydrogens is 185 g/mol. The number of rotatable bonds is 2. The van der Waals surface area contributed by atoms with Gasteiger partial charge >= 0.3 is 0 Å². The van der Waals surface area contributed by atoms with Crippen molar-refractivity contribution in [2.24, 2.45) is 5.92 Å². The van der Waals surface area contributed by atoms with Crippen LogP contribution in [0.15, 0.2) is 0 Å². The van der Waals surface area contributed by atoms with Gasteiger partial charge in [-0.25, -0.2) is 0 Å². The predicted octanol–water partition coefficient (Wildman–Crippen LogP) is 1.90. The highest BCUT2D eigenvalue weighted by Crippen LogP contribution is 2.31. The van der Waals surface area contributed by atoms with Gasteiger partial charge in [-0.15, -0.1) is 0 Å². The standard InChI is InChI=1S/C7H13Cl2NO/c1-5(2)7(8,9)6(11)10(3)4/h5H,1-4H3. The maximum absolute atomic E-state index is 11.3. The summed E-state index contributed by atoms with van der Waals surface area (Å²) < 4.78 is -1.29. The average Bonchev–Trinajstić information content (AvgIpc) is 1.85. The zero-order valence-electron chi connectivity index (χ0n) is 7.19. The maximum Gasteiger partial charge on any atom is 0.258 e. The number of carbonyl (C=O) groups is 1. The normalized spacial score (nSPS) is 11.9. The van der Waals surface area contributed by atoms with Gasteiger partial charge in [0.1, 0.15) is 0 Å². The van der Waals surface area contributed by atoms with Crippen molar-refractivity contribution in [3.63, 3.8) is 0 Å². The highest BCUT2D eigenvalue weighted by atomic mass is 35.5. The molecule has 11 heavy (non-hydrogen) atoms. The highest BCUT2D eigenvalue weighted by molar-refractivity contribution is 6.58. The molecule has 0 saturated carbocycles. The van der Waals surface area contributed by atoms with Crippen LogP contribution in [0.2, 0.25) is 0 Å². The first-order valence-electron chi connectivity index (χ1n) is 3.39. The van der Waals surface area contributed by atoms with Crippen LogP contribution in [0.3, 0.4) is 0 Å². The van der Waals surface area contributed by atoms with Crippen molar-refractivity contribution < 1.29 is 4.79 Å². The van der Waals surface area contributed by atoms with Crippen molar-refractivity contribution in [2.75, 3.05) is 14.1 Å². The smallest absolute Gasteiger partial charge is 0.258 e. The molecule has 0 heterocycles. The minimum atomic E-state index is -1.29. The van der Waals surface area contributed by atoms with E-state index in [1.165, 1.54) is 4.90 Å². The van der Waals surface area contributed by atoms with E-state index in [9.17, 15) is 4.79 Å². The summed E-state index contributed by atoms with van der Waals surface area (Å²) in [6, 6.07) is 0. The summed E-state index contributed by atoms with van der Waals surface area (Å²) in [7, 11) is 3.26. The molecule has 2 nitrogen and oxygen atoms in total. The van der Waals surface area contributed by atoms with Crippen LogP contribution in [0.1, 0.15) is 13.8 Å². The Kier molecular flexibility index (Phi) is 3.65. The zero-order chi connectivity index (χ0) is 9.23. The topological polar surface area (TPSA) is 20.3 Å². The number of nitrogens with zero attached hydrogens (tertiary/aromatic N) is 1. The molecule has 0 atom stereocenters. The molecule has 0 N–H and O–H groups in total. The minimum absolute atomic E-state index is 0.0827. The third-order valence-electron chi connectivity index (χ3n) is 1.42. The molecule has 0 aromatic carbocycles. The van der Waals surface area contributed by atoms with E-state index in [1.54, 1.807) is 27.9 Å². The first kappa shape index (κ1) is 11.1. The van der Waals surface area contributed by atoms with Crippen LogP contribution in [-0.2, 0) is 4.79 Å². The number of carbonyl (C=O) groups excluding carboxylic acids is 1. The van der Waals surface area contributed by atoms with E-state index in [2.05, 4.69) is 0 Å². The monoisotopic (exact) mass is 197 g/mol. The van der Waals surface area contributed by atoms with Gasteiger partial charge in [0.05, 0.1) is 0 Å². The molecule has 0 unspecified atom stereocenters. The third-order valence-corrected chi connectivity index (χ3v) is 2.61. The molecule has 66 valence electrons. The fourth-order valence-electron chi connectivity index (χ4n) is 0.545. The van der Waals surface area contributed by atoms with Crippen LogP contribution in [0, 0.1) is 5.92 Å². The lowest BCUT2D eigenvalue weighted by Crippen LogP contribution is -2.41. The average molecular weight is 198 g/mol. The van der Waals surface area contributed by atoms with E-state index in [0.717, 1.165) is 0 Å². The van der Waals surface area contributed by atoms with Gasteiger partial charge in [-0.05, 0) is 5.92 Å². The largest absolute Gasteiger partial charge is 0.346 e.